The van der Waals surface area contributed by atoms with Crippen LogP contribution in [0.4, 0.5) is 11.6 Å². The summed E-state index contributed by atoms with van der Waals surface area (Å²) in [5, 5.41) is 11.2. The van der Waals surface area contributed by atoms with Crippen LogP contribution in [0.1, 0.15) is 12.5 Å². The number of nitrogens with zero attached hydrogens (tertiary/aromatic N) is 4. The minimum absolute atomic E-state index is 0.280. The van der Waals surface area contributed by atoms with Gasteiger partial charge in [0.05, 0.1) is 30.4 Å². The van der Waals surface area contributed by atoms with Crippen molar-refractivity contribution in [1.29, 1.82) is 0 Å². The van der Waals surface area contributed by atoms with Crippen molar-refractivity contribution in [3.63, 3.8) is 0 Å². The monoisotopic (exact) mass is 355 g/mol. The summed E-state index contributed by atoms with van der Waals surface area (Å²) < 4.78 is 5.49. The average Bonchev–Trinajstić information content (AvgIpc) is 3.00. The topological polar surface area (TPSA) is 87.7 Å². The van der Waals surface area contributed by atoms with Crippen molar-refractivity contribution in [3.8, 4) is 0 Å². The number of anilines is 2. The Labute approximate surface area is 153 Å². The molecule has 3 heterocycles. The Balaban J connectivity index is 1.58. The highest BCUT2D eigenvalue weighted by Gasteiger charge is 2.44. The fourth-order valence-corrected chi connectivity index (χ4v) is 3.95. The number of aliphatic hydroxyl groups excluding tert-OH is 1. The number of benzene rings is 1. The van der Waals surface area contributed by atoms with Crippen LogP contribution in [0.5, 0.6) is 0 Å². The van der Waals surface area contributed by atoms with E-state index in [4.69, 9.17) is 10.5 Å². The van der Waals surface area contributed by atoms with Crippen LogP contribution in [0.3, 0.4) is 0 Å². The number of aliphatic hydroxyl groups is 1. The molecule has 1 aromatic carbocycles. The van der Waals surface area contributed by atoms with E-state index in [2.05, 4.69) is 45.4 Å². The molecule has 2 aromatic rings. The molecule has 0 amide bonds. The second kappa shape index (κ2) is 6.50. The second-order valence-electron chi connectivity index (χ2n) is 7.26. The van der Waals surface area contributed by atoms with E-state index in [1.54, 1.807) is 6.20 Å². The number of nitrogens with two attached hydrogens (primary N) is 1. The molecule has 0 saturated carbocycles. The molecule has 1 aromatic heterocycles. The first-order chi connectivity index (χ1) is 12.5. The third-order valence-corrected chi connectivity index (χ3v) is 5.70. The molecule has 4 rings (SSSR count). The summed E-state index contributed by atoms with van der Waals surface area (Å²) in [4.78, 5) is 13.1. The third-order valence-electron chi connectivity index (χ3n) is 5.70. The first-order valence-electron chi connectivity index (χ1n) is 8.96. The van der Waals surface area contributed by atoms with Gasteiger partial charge in [0.15, 0.2) is 0 Å². The Kier molecular flexibility index (Phi) is 4.30. The zero-order chi connectivity index (χ0) is 18.3. The zero-order valence-corrected chi connectivity index (χ0v) is 15.1. The molecule has 138 valence electrons. The molecule has 2 aliphatic heterocycles. The first-order valence-corrected chi connectivity index (χ1v) is 8.96. The molecule has 26 heavy (non-hydrogen) atoms. The number of aromatic nitrogens is 2. The molecule has 2 atom stereocenters. The van der Waals surface area contributed by atoms with Crippen molar-refractivity contribution in [3.05, 3.63) is 30.5 Å². The van der Waals surface area contributed by atoms with Gasteiger partial charge < -0.3 is 20.5 Å². The Morgan fingerprint density at radius 3 is 2.77 bits per heavy atom. The van der Waals surface area contributed by atoms with E-state index < -0.39 is 6.10 Å². The molecule has 0 unspecified atom stereocenters. The maximum absolute atomic E-state index is 10.3. The van der Waals surface area contributed by atoms with Crippen LogP contribution in [0.15, 0.2) is 24.9 Å². The lowest BCUT2D eigenvalue weighted by molar-refractivity contribution is 0.00883. The predicted octanol–water partition coefficient (Wildman–Crippen LogP) is 1.13. The van der Waals surface area contributed by atoms with Crippen LogP contribution < -0.4 is 10.6 Å². The van der Waals surface area contributed by atoms with Crippen molar-refractivity contribution < 1.29 is 9.84 Å². The molecule has 7 heteroatoms. The smallest absolute Gasteiger partial charge is 0.220 e. The number of hydrogen-bond acceptors (Lipinski definition) is 7. The van der Waals surface area contributed by atoms with Crippen molar-refractivity contribution in [2.45, 2.75) is 18.6 Å². The van der Waals surface area contributed by atoms with Crippen LogP contribution in [0.2, 0.25) is 0 Å². The van der Waals surface area contributed by atoms with Gasteiger partial charge in [-0.1, -0.05) is 12.7 Å². The SMILES string of the molecule is C=Cc1cc2cnc(N)nc2cc1N1CCN([C@@]2(C)COC[C@H]2O)CC1. The van der Waals surface area contributed by atoms with Crippen LogP contribution in [-0.4, -0.2) is 71.0 Å². The van der Waals surface area contributed by atoms with Crippen LogP contribution in [0, 0.1) is 0 Å². The van der Waals surface area contributed by atoms with Gasteiger partial charge in [-0.05, 0) is 24.6 Å². The van der Waals surface area contributed by atoms with E-state index in [-0.39, 0.29) is 11.5 Å². The van der Waals surface area contributed by atoms with Gasteiger partial charge >= 0.3 is 0 Å². The molecule has 2 saturated heterocycles. The van der Waals surface area contributed by atoms with Crippen LogP contribution in [-0.2, 0) is 4.74 Å². The standard InChI is InChI=1S/C19H25N5O2/c1-3-13-8-14-10-21-18(20)22-15(14)9-16(13)23-4-6-24(7-5-23)19(2)12-26-11-17(19)25/h3,8-10,17,25H,1,4-7,11-12H2,2H3,(H2,20,21,22)/t17-,19+/m1/s1. The summed E-state index contributed by atoms with van der Waals surface area (Å²) in [6.07, 6.45) is 3.18. The van der Waals surface area contributed by atoms with E-state index in [1.807, 2.05) is 6.08 Å². The molecule has 0 radical (unpaired) electrons. The zero-order valence-electron chi connectivity index (χ0n) is 15.1. The lowest BCUT2D eigenvalue weighted by Crippen LogP contribution is -2.60. The molecular formula is C19H25N5O2. The van der Waals surface area contributed by atoms with E-state index in [0.29, 0.717) is 13.2 Å². The number of fused-ring (bicyclic) bond motifs is 1. The number of ether oxygens (including phenoxy) is 1. The summed E-state index contributed by atoms with van der Waals surface area (Å²) in [6, 6.07) is 4.12. The van der Waals surface area contributed by atoms with Gasteiger partial charge in [-0.2, -0.15) is 0 Å². The van der Waals surface area contributed by atoms with Crippen molar-refractivity contribution in [2.24, 2.45) is 0 Å². The van der Waals surface area contributed by atoms with Crippen LogP contribution >= 0.6 is 0 Å². The van der Waals surface area contributed by atoms with Gasteiger partial charge in [0.2, 0.25) is 5.95 Å². The molecule has 3 N–H and O–H groups in total. The number of rotatable bonds is 3. The van der Waals surface area contributed by atoms with E-state index >= 15 is 0 Å². The Morgan fingerprint density at radius 2 is 2.12 bits per heavy atom. The van der Waals surface area contributed by atoms with Gasteiger partial charge in [0.1, 0.15) is 0 Å². The van der Waals surface area contributed by atoms with Gasteiger partial charge in [-0.25, -0.2) is 9.97 Å². The lowest BCUT2D eigenvalue weighted by Gasteiger charge is -2.45. The quantitative estimate of drug-likeness (QED) is 0.853. The molecule has 7 nitrogen and oxygen atoms in total. The molecule has 2 fully saturated rings. The van der Waals surface area contributed by atoms with Gasteiger partial charge in [0, 0.05) is 43.4 Å². The predicted molar refractivity (Wildman–Crippen MR) is 103 cm³/mol. The van der Waals surface area contributed by atoms with Crippen molar-refractivity contribution >= 4 is 28.6 Å². The first kappa shape index (κ1) is 17.2. The number of piperazine rings is 1. The highest BCUT2D eigenvalue weighted by atomic mass is 16.5. The highest BCUT2D eigenvalue weighted by Crippen LogP contribution is 2.31. The second-order valence-corrected chi connectivity index (χ2v) is 7.26. The summed E-state index contributed by atoms with van der Waals surface area (Å²) in [5.74, 6) is 0.280. The van der Waals surface area contributed by atoms with E-state index in [1.165, 1.54) is 0 Å². The fraction of sp³-hybridized carbons (Fsp3) is 0.474. The number of hydrogen-bond donors (Lipinski definition) is 2. The minimum atomic E-state index is -0.432. The lowest BCUT2D eigenvalue weighted by atomic mass is 9.95. The highest BCUT2D eigenvalue weighted by molar-refractivity contribution is 5.87. The summed E-state index contributed by atoms with van der Waals surface area (Å²) in [5.41, 5.74) is 8.46. The Hall–Kier alpha value is -2.22. The number of nitrogen functional groups attached to an aromatic ring is 1. The Morgan fingerprint density at radius 1 is 1.35 bits per heavy atom. The molecule has 0 aliphatic carbocycles. The maximum Gasteiger partial charge on any atom is 0.220 e. The Bertz CT molecular complexity index is 834. The van der Waals surface area contributed by atoms with E-state index in [0.717, 1.165) is 48.3 Å². The average molecular weight is 355 g/mol. The molecule has 0 bridgehead atoms. The normalized spacial score (nSPS) is 27.2. The van der Waals surface area contributed by atoms with E-state index in [9.17, 15) is 5.11 Å². The van der Waals surface area contributed by atoms with Gasteiger partial charge in [-0.3, -0.25) is 4.90 Å². The third kappa shape index (κ3) is 2.82. The van der Waals surface area contributed by atoms with Crippen LogP contribution in [0.25, 0.3) is 17.0 Å². The van der Waals surface area contributed by atoms with Gasteiger partial charge in [-0.15, -0.1) is 0 Å². The largest absolute Gasteiger partial charge is 0.389 e. The fourth-order valence-electron chi connectivity index (χ4n) is 3.95. The van der Waals surface area contributed by atoms with Crippen molar-refractivity contribution in [2.75, 3.05) is 50.0 Å². The molecule has 2 aliphatic rings. The summed E-state index contributed by atoms with van der Waals surface area (Å²) in [6.45, 7) is 10.5. The summed E-state index contributed by atoms with van der Waals surface area (Å²) in [7, 11) is 0. The van der Waals surface area contributed by atoms with Crippen molar-refractivity contribution in [1.82, 2.24) is 14.9 Å². The minimum Gasteiger partial charge on any atom is -0.389 e. The molecule has 0 spiro atoms. The molecular weight excluding hydrogens is 330 g/mol. The maximum atomic E-state index is 10.3. The summed E-state index contributed by atoms with van der Waals surface area (Å²) >= 11 is 0. The van der Waals surface area contributed by atoms with Gasteiger partial charge in [0.25, 0.3) is 0 Å².